The molecule has 0 aliphatic rings. The van der Waals surface area contributed by atoms with E-state index in [1.807, 2.05) is 0 Å². The highest BCUT2D eigenvalue weighted by Gasteiger charge is 2.07. The Bertz CT molecular complexity index is 63.9. The van der Waals surface area contributed by atoms with Crippen molar-refractivity contribution in [2.45, 2.75) is 33.2 Å². The molecule has 0 aromatic heterocycles. The first-order valence-electron chi connectivity index (χ1n) is 3.56. The summed E-state index contributed by atoms with van der Waals surface area (Å²) >= 11 is 0. The Morgan fingerprint density at radius 1 is 1.44 bits per heavy atom. The topological polar surface area (TPSA) is 32.3 Å². The third-order valence-corrected chi connectivity index (χ3v) is 1.60. The summed E-state index contributed by atoms with van der Waals surface area (Å²) in [6.45, 7) is 6.51. The normalized spacial score (nSPS) is 14.3. The molecule has 2 nitrogen and oxygen atoms in total. The highest BCUT2D eigenvalue weighted by Crippen LogP contribution is 2.03. The van der Waals surface area contributed by atoms with Crippen molar-refractivity contribution in [3.8, 4) is 0 Å². The van der Waals surface area contributed by atoms with Gasteiger partial charge in [-0.25, -0.2) is 0 Å². The maximum Gasteiger partial charge on any atom is 0.0933 e. The Kier molecular flexibility index (Phi) is 4.72. The summed E-state index contributed by atoms with van der Waals surface area (Å²) in [5.74, 6) is 0.613. The zero-order chi connectivity index (χ0) is 7.28. The second kappa shape index (κ2) is 4.77. The molecule has 0 saturated carbocycles. The fourth-order valence-corrected chi connectivity index (χ4v) is 0.969. The molecule has 1 unspecified atom stereocenters. The molecule has 56 valence electrons. The van der Waals surface area contributed by atoms with Gasteiger partial charge >= 0.3 is 0 Å². The van der Waals surface area contributed by atoms with E-state index in [9.17, 15) is 0 Å². The van der Waals surface area contributed by atoms with E-state index in [0.717, 1.165) is 6.42 Å². The minimum atomic E-state index is 0.0939. The number of hydrogen-bond donors (Lipinski definition) is 2. The molecule has 9 heavy (non-hydrogen) atoms. The van der Waals surface area contributed by atoms with Crippen LogP contribution in [0.25, 0.3) is 0 Å². The number of nitrogens with one attached hydrogen (secondary N) is 1. The van der Waals surface area contributed by atoms with Gasteiger partial charge in [0.25, 0.3) is 0 Å². The summed E-state index contributed by atoms with van der Waals surface area (Å²) in [7, 11) is 0. The molecule has 2 N–H and O–H groups in total. The first kappa shape index (κ1) is 8.92. The zero-order valence-corrected chi connectivity index (χ0v) is 6.52. The fraction of sp³-hybridized carbons (Fsp3) is 1.00. The second-order valence-corrected chi connectivity index (χ2v) is 2.62. The largest absolute Gasteiger partial charge is 0.381 e. The van der Waals surface area contributed by atoms with Crippen molar-refractivity contribution in [1.82, 2.24) is 5.32 Å². The van der Waals surface area contributed by atoms with E-state index in [1.165, 1.54) is 0 Å². The molecule has 2 heteroatoms. The van der Waals surface area contributed by atoms with Crippen LogP contribution in [0.4, 0.5) is 0 Å². The molecule has 0 saturated heterocycles. The smallest absolute Gasteiger partial charge is 0.0933 e. The van der Waals surface area contributed by atoms with Crippen LogP contribution in [0.1, 0.15) is 27.2 Å². The van der Waals surface area contributed by atoms with Gasteiger partial charge in [-0.05, 0) is 12.3 Å². The van der Waals surface area contributed by atoms with E-state index in [0.29, 0.717) is 12.0 Å². The van der Waals surface area contributed by atoms with Crippen molar-refractivity contribution < 1.29 is 5.11 Å². The summed E-state index contributed by atoms with van der Waals surface area (Å²) < 4.78 is 0. The van der Waals surface area contributed by atoms with Crippen molar-refractivity contribution in [2.75, 3.05) is 6.73 Å². The van der Waals surface area contributed by atoms with E-state index in [2.05, 4.69) is 26.1 Å². The number of rotatable bonds is 4. The summed E-state index contributed by atoms with van der Waals surface area (Å²) in [6.07, 6.45) is 1.08. The number of aliphatic hydroxyl groups is 1. The monoisotopic (exact) mass is 131 g/mol. The third kappa shape index (κ3) is 3.49. The lowest BCUT2D eigenvalue weighted by atomic mass is 10.0. The molecule has 0 radical (unpaired) electrons. The van der Waals surface area contributed by atoms with Crippen LogP contribution < -0.4 is 5.32 Å². The van der Waals surface area contributed by atoms with Crippen LogP contribution in [0.3, 0.4) is 0 Å². The van der Waals surface area contributed by atoms with Gasteiger partial charge in [-0.15, -0.1) is 0 Å². The first-order chi connectivity index (χ1) is 4.22. The van der Waals surface area contributed by atoms with Gasteiger partial charge < -0.3 is 5.11 Å². The molecule has 0 aromatic rings. The molecule has 1 atom stereocenters. The Morgan fingerprint density at radius 3 is 2.11 bits per heavy atom. The van der Waals surface area contributed by atoms with Crippen LogP contribution in [0, 0.1) is 5.92 Å². The standard InChI is InChI=1S/C7H17NO/c1-4-7(6(2)3)8-5-9/h6-9H,4-5H2,1-3H3. The lowest BCUT2D eigenvalue weighted by Crippen LogP contribution is -2.33. The van der Waals surface area contributed by atoms with Crippen molar-refractivity contribution in [3.05, 3.63) is 0 Å². The van der Waals surface area contributed by atoms with E-state index < -0.39 is 0 Å². The summed E-state index contributed by atoms with van der Waals surface area (Å²) in [4.78, 5) is 0. The van der Waals surface area contributed by atoms with Crippen molar-refractivity contribution >= 4 is 0 Å². The molecule has 0 aromatic carbocycles. The highest BCUT2D eigenvalue weighted by atomic mass is 16.3. The molecular weight excluding hydrogens is 114 g/mol. The summed E-state index contributed by atoms with van der Waals surface area (Å²) in [6, 6.07) is 0.468. The fourth-order valence-electron chi connectivity index (χ4n) is 0.969. The van der Waals surface area contributed by atoms with E-state index in [-0.39, 0.29) is 6.73 Å². The molecular formula is C7H17NO. The maximum atomic E-state index is 8.51. The van der Waals surface area contributed by atoms with Gasteiger partial charge in [0.2, 0.25) is 0 Å². The van der Waals surface area contributed by atoms with Crippen LogP contribution in [-0.4, -0.2) is 17.9 Å². The van der Waals surface area contributed by atoms with Gasteiger partial charge in [0.15, 0.2) is 0 Å². The van der Waals surface area contributed by atoms with Crippen LogP contribution >= 0.6 is 0 Å². The summed E-state index contributed by atoms with van der Waals surface area (Å²) in [5, 5.41) is 11.5. The van der Waals surface area contributed by atoms with Gasteiger partial charge in [-0.1, -0.05) is 20.8 Å². The van der Waals surface area contributed by atoms with Crippen molar-refractivity contribution in [3.63, 3.8) is 0 Å². The average molecular weight is 131 g/mol. The predicted octanol–water partition coefficient (Wildman–Crippen LogP) is 0.960. The molecule has 0 bridgehead atoms. The highest BCUT2D eigenvalue weighted by molar-refractivity contribution is 4.65. The van der Waals surface area contributed by atoms with Gasteiger partial charge in [0.1, 0.15) is 0 Å². The first-order valence-corrected chi connectivity index (χ1v) is 3.56. The van der Waals surface area contributed by atoms with Crippen LogP contribution in [-0.2, 0) is 0 Å². The minimum Gasteiger partial charge on any atom is -0.381 e. The summed E-state index contributed by atoms with van der Waals surface area (Å²) in [5.41, 5.74) is 0. The Morgan fingerprint density at radius 2 is 2.00 bits per heavy atom. The number of aliphatic hydroxyl groups excluding tert-OH is 1. The maximum absolute atomic E-state index is 8.51. The van der Waals surface area contributed by atoms with Crippen LogP contribution in [0.5, 0.6) is 0 Å². The van der Waals surface area contributed by atoms with E-state index in [4.69, 9.17) is 5.11 Å². The number of hydrogen-bond acceptors (Lipinski definition) is 2. The van der Waals surface area contributed by atoms with Gasteiger partial charge in [0, 0.05) is 6.04 Å². The lowest BCUT2D eigenvalue weighted by Gasteiger charge is -2.18. The molecule has 0 amide bonds. The van der Waals surface area contributed by atoms with Crippen molar-refractivity contribution in [2.24, 2.45) is 5.92 Å². The quantitative estimate of drug-likeness (QED) is 0.557. The SMILES string of the molecule is CCC(NCO)C(C)C. The van der Waals surface area contributed by atoms with Gasteiger partial charge in [-0.2, -0.15) is 0 Å². The zero-order valence-electron chi connectivity index (χ0n) is 6.52. The van der Waals surface area contributed by atoms with E-state index in [1.54, 1.807) is 0 Å². The Balaban J connectivity index is 3.41. The predicted molar refractivity (Wildman–Crippen MR) is 39.1 cm³/mol. The lowest BCUT2D eigenvalue weighted by molar-refractivity contribution is 0.220. The molecule has 0 spiro atoms. The Labute approximate surface area is 57.3 Å². The molecule has 0 heterocycles. The second-order valence-electron chi connectivity index (χ2n) is 2.62. The molecule has 0 rings (SSSR count). The van der Waals surface area contributed by atoms with Crippen LogP contribution in [0.2, 0.25) is 0 Å². The minimum absolute atomic E-state index is 0.0939. The average Bonchev–Trinajstić information content (AvgIpc) is 1.82. The molecule has 0 aliphatic carbocycles. The molecule has 0 fully saturated rings. The Hall–Kier alpha value is -0.0800. The van der Waals surface area contributed by atoms with Gasteiger partial charge in [-0.3, -0.25) is 5.32 Å². The molecule has 0 aliphatic heterocycles. The van der Waals surface area contributed by atoms with Crippen LogP contribution in [0.15, 0.2) is 0 Å². The van der Waals surface area contributed by atoms with E-state index >= 15 is 0 Å². The van der Waals surface area contributed by atoms with Crippen molar-refractivity contribution in [1.29, 1.82) is 0 Å². The van der Waals surface area contributed by atoms with Gasteiger partial charge in [0.05, 0.1) is 6.73 Å². The third-order valence-electron chi connectivity index (χ3n) is 1.60.